The highest BCUT2D eigenvalue weighted by Gasteiger charge is 2.28. The maximum atomic E-state index is 13.1. The minimum Gasteiger partial charge on any atom is -0.378 e. The number of rotatable bonds is 5. The molecular formula is C26H39N3O2. The third-order valence-electron chi connectivity index (χ3n) is 6.65. The number of carbonyl (C=O) groups excluding carboxylic acids is 1. The van der Waals surface area contributed by atoms with Gasteiger partial charge in [-0.2, -0.15) is 0 Å². The molecule has 1 amide bonds. The number of amides is 1. The molecular weight excluding hydrogens is 386 g/mol. The fraction of sp³-hybridized carbons (Fsp3) is 0.654. The van der Waals surface area contributed by atoms with Crippen molar-refractivity contribution in [2.75, 3.05) is 46.3 Å². The molecule has 0 spiro atoms. The van der Waals surface area contributed by atoms with Gasteiger partial charge in [0.15, 0.2) is 0 Å². The lowest BCUT2D eigenvalue weighted by Gasteiger charge is -2.41. The summed E-state index contributed by atoms with van der Waals surface area (Å²) in [5.41, 5.74) is 0.499. The Bertz CT molecular complexity index is 772. The van der Waals surface area contributed by atoms with E-state index in [0.717, 1.165) is 24.7 Å². The minimum atomic E-state index is -1.02. The van der Waals surface area contributed by atoms with E-state index in [1.54, 1.807) is 13.8 Å². The Morgan fingerprint density at radius 1 is 1.10 bits per heavy atom. The van der Waals surface area contributed by atoms with Gasteiger partial charge < -0.3 is 19.8 Å². The van der Waals surface area contributed by atoms with E-state index in [1.165, 1.54) is 51.9 Å². The third-order valence-corrected chi connectivity index (χ3v) is 6.65. The number of nitrogens with zero attached hydrogens (tertiary/aromatic N) is 3. The quantitative estimate of drug-likeness (QED) is 0.737. The standard InChI is InChI=1S/C26H39N3O2/c1-5-28(25(30)23-8-6-21(7-9-23)10-15-26(2,3)31)20-22-11-18-29(19-12-22)24-13-16-27(4)17-14-24/h6-9,22,24,31H,5,11-14,16-20H2,1-4H3. The molecule has 2 heterocycles. The summed E-state index contributed by atoms with van der Waals surface area (Å²) >= 11 is 0. The topological polar surface area (TPSA) is 47.0 Å². The maximum absolute atomic E-state index is 13.1. The number of piperidine rings is 2. The van der Waals surface area contributed by atoms with E-state index < -0.39 is 5.60 Å². The van der Waals surface area contributed by atoms with Gasteiger partial charge in [0.05, 0.1) is 0 Å². The van der Waals surface area contributed by atoms with Gasteiger partial charge in [-0.3, -0.25) is 4.79 Å². The van der Waals surface area contributed by atoms with Crippen LogP contribution in [-0.2, 0) is 0 Å². The van der Waals surface area contributed by atoms with Gasteiger partial charge in [0.25, 0.3) is 5.91 Å². The Balaban J connectivity index is 1.51. The van der Waals surface area contributed by atoms with Crippen LogP contribution in [0.25, 0.3) is 0 Å². The Kier molecular flexibility index (Phi) is 8.16. The predicted octanol–water partition coefficient (Wildman–Crippen LogP) is 3.08. The average molecular weight is 426 g/mol. The number of aliphatic hydroxyl groups is 1. The molecule has 2 fully saturated rings. The van der Waals surface area contributed by atoms with Crippen LogP contribution in [0, 0.1) is 17.8 Å². The molecule has 5 heteroatoms. The van der Waals surface area contributed by atoms with Gasteiger partial charge in [0.2, 0.25) is 0 Å². The molecule has 1 aromatic rings. The normalized spacial score (nSPS) is 19.6. The summed E-state index contributed by atoms with van der Waals surface area (Å²) in [6.45, 7) is 11.7. The van der Waals surface area contributed by atoms with Crippen molar-refractivity contribution in [3.05, 3.63) is 35.4 Å². The van der Waals surface area contributed by atoms with Crippen molar-refractivity contribution in [3.8, 4) is 11.8 Å². The van der Waals surface area contributed by atoms with Crippen LogP contribution in [0.2, 0.25) is 0 Å². The zero-order chi connectivity index (χ0) is 22.4. The molecule has 1 aromatic carbocycles. The first-order valence-electron chi connectivity index (χ1n) is 11.8. The Morgan fingerprint density at radius 3 is 2.26 bits per heavy atom. The second-order valence-corrected chi connectivity index (χ2v) is 9.74. The largest absolute Gasteiger partial charge is 0.378 e. The summed E-state index contributed by atoms with van der Waals surface area (Å²) in [6, 6.07) is 8.17. The van der Waals surface area contributed by atoms with Crippen LogP contribution in [0.1, 0.15) is 62.4 Å². The molecule has 2 aliphatic rings. The molecule has 31 heavy (non-hydrogen) atoms. The van der Waals surface area contributed by atoms with E-state index in [0.29, 0.717) is 11.5 Å². The lowest BCUT2D eigenvalue weighted by molar-refractivity contribution is 0.0611. The summed E-state index contributed by atoms with van der Waals surface area (Å²) in [6.07, 6.45) is 4.94. The molecule has 1 N–H and O–H groups in total. The van der Waals surface area contributed by atoms with Gasteiger partial charge in [-0.05, 0) is 110 Å². The molecule has 170 valence electrons. The smallest absolute Gasteiger partial charge is 0.253 e. The monoisotopic (exact) mass is 425 g/mol. The predicted molar refractivity (Wildman–Crippen MR) is 126 cm³/mol. The zero-order valence-corrected chi connectivity index (χ0v) is 19.7. The van der Waals surface area contributed by atoms with Crippen molar-refractivity contribution < 1.29 is 9.90 Å². The van der Waals surface area contributed by atoms with Crippen LogP contribution < -0.4 is 0 Å². The second kappa shape index (κ2) is 10.6. The zero-order valence-electron chi connectivity index (χ0n) is 19.7. The lowest BCUT2D eigenvalue weighted by atomic mass is 9.93. The van der Waals surface area contributed by atoms with Crippen molar-refractivity contribution in [2.45, 2.75) is 58.1 Å². The minimum absolute atomic E-state index is 0.0993. The van der Waals surface area contributed by atoms with Crippen molar-refractivity contribution in [1.82, 2.24) is 14.7 Å². The van der Waals surface area contributed by atoms with E-state index in [4.69, 9.17) is 0 Å². The first-order chi connectivity index (χ1) is 14.7. The highest BCUT2D eigenvalue weighted by atomic mass is 16.3. The van der Waals surface area contributed by atoms with Gasteiger partial charge in [0, 0.05) is 30.3 Å². The Labute approximate surface area is 188 Å². The fourth-order valence-corrected chi connectivity index (χ4v) is 4.63. The van der Waals surface area contributed by atoms with Crippen LogP contribution in [0.15, 0.2) is 24.3 Å². The highest BCUT2D eigenvalue weighted by Crippen LogP contribution is 2.24. The summed E-state index contributed by atoms with van der Waals surface area (Å²) in [5.74, 6) is 6.45. The second-order valence-electron chi connectivity index (χ2n) is 9.74. The molecule has 0 aromatic heterocycles. The maximum Gasteiger partial charge on any atom is 0.253 e. The van der Waals surface area contributed by atoms with Gasteiger partial charge in [0.1, 0.15) is 5.60 Å². The van der Waals surface area contributed by atoms with Crippen molar-refractivity contribution >= 4 is 5.91 Å². The van der Waals surface area contributed by atoms with E-state index in [-0.39, 0.29) is 5.91 Å². The first-order valence-corrected chi connectivity index (χ1v) is 11.8. The molecule has 0 bridgehead atoms. The Morgan fingerprint density at radius 2 is 1.71 bits per heavy atom. The molecule has 0 atom stereocenters. The summed E-state index contributed by atoms with van der Waals surface area (Å²) in [4.78, 5) is 20.2. The van der Waals surface area contributed by atoms with Crippen LogP contribution in [0.5, 0.6) is 0 Å². The fourth-order valence-electron chi connectivity index (χ4n) is 4.63. The van der Waals surface area contributed by atoms with Crippen LogP contribution in [0.4, 0.5) is 0 Å². The Hall–Kier alpha value is -1.87. The molecule has 2 saturated heterocycles. The number of hydrogen-bond donors (Lipinski definition) is 1. The van der Waals surface area contributed by atoms with Crippen molar-refractivity contribution in [1.29, 1.82) is 0 Å². The molecule has 3 rings (SSSR count). The van der Waals surface area contributed by atoms with Gasteiger partial charge in [-0.1, -0.05) is 11.8 Å². The summed E-state index contributed by atoms with van der Waals surface area (Å²) < 4.78 is 0. The molecule has 0 saturated carbocycles. The number of benzene rings is 1. The molecule has 0 radical (unpaired) electrons. The van der Waals surface area contributed by atoms with E-state index in [2.05, 4.69) is 35.6 Å². The number of hydrogen-bond acceptors (Lipinski definition) is 4. The van der Waals surface area contributed by atoms with Crippen molar-refractivity contribution in [3.63, 3.8) is 0 Å². The van der Waals surface area contributed by atoms with Crippen LogP contribution in [-0.4, -0.2) is 83.7 Å². The lowest BCUT2D eigenvalue weighted by Crippen LogP contribution is -2.48. The molecule has 0 unspecified atom stereocenters. The highest BCUT2D eigenvalue weighted by molar-refractivity contribution is 5.94. The molecule has 0 aliphatic carbocycles. The summed E-state index contributed by atoms with van der Waals surface area (Å²) in [7, 11) is 2.22. The van der Waals surface area contributed by atoms with Crippen LogP contribution in [0.3, 0.4) is 0 Å². The SMILES string of the molecule is CCN(CC1CCN(C2CCN(C)CC2)CC1)C(=O)c1ccc(C#CC(C)(C)O)cc1. The molecule has 5 nitrogen and oxygen atoms in total. The number of likely N-dealkylation sites (tertiary alicyclic amines) is 2. The summed E-state index contributed by atoms with van der Waals surface area (Å²) in [5, 5.41) is 9.74. The van der Waals surface area contributed by atoms with Crippen LogP contribution >= 0.6 is 0 Å². The number of carbonyl (C=O) groups is 1. The van der Waals surface area contributed by atoms with Crippen molar-refractivity contribution in [2.24, 2.45) is 5.92 Å². The third kappa shape index (κ3) is 7.07. The van der Waals surface area contributed by atoms with Gasteiger partial charge >= 0.3 is 0 Å². The van der Waals surface area contributed by atoms with Gasteiger partial charge in [-0.15, -0.1) is 0 Å². The van der Waals surface area contributed by atoms with E-state index in [9.17, 15) is 9.90 Å². The average Bonchev–Trinajstić information content (AvgIpc) is 2.76. The van der Waals surface area contributed by atoms with E-state index >= 15 is 0 Å². The van der Waals surface area contributed by atoms with E-state index in [1.807, 2.05) is 29.2 Å². The first kappa shape index (κ1) is 23.8. The molecule has 2 aliphatic heterocycles. The van der Waals surface area contributed by atoms with Gasteiger partial charge in [-0.25, -0.2) is 0 Å².